The van der Waals surface area contributed by atoms with Crippen molar-refractivity contribution in [1.29, 1.82) is 0 Å². The number of aromatic nitrogens is 2. The zero-order valence-corrected chi connectivity index (χ0v) is 9.34. The normalized spacial score (nSPS) is 12.4. The molecule has 0 atom stereocenters. The fraction of sp³-hybridized carbons (Fsp3) is 0.400. The maximum atomic E-state index is 12.8. The van der Waals surface area contributed by atoms with Crippen LogP contribution >= 0.6 is 0 Å². The van der Waals surface area contributed by atoms with Crippen LogP contribution < -0.4 is 5.43 Å². The summed E-state index contributed by atoms with van der Waals surface area (Å²) in [5.41, 5.74) is -2.37. The molecular formula is C10H9F3N2O2. The predicted octanol–water partition coefficient (Wildman–Crippen LogP) is 2.16. The summed E-state index contributed by atoms with van der Waals surface area (Å²) in [7, 11) is 1.20. The predicted molar refractivity (Wildman–Crippen MR) is 53.7 cm³/mol. The quantitative estimate of drug-likeness (QED) is 0.715. The molecule has 2 rings (SSSR count). The van der Waals surface area contributed by atoms with E-state index in [4.69, 9.17) is 4.42 Å². The van der Waals surface area contributed by atoms with E-state index in [-0.39, 0.29) is 22.7 Å². The van der Waals surface area contributed by atoms with Crippen LogP contribution in [0.5, 0.6) is 0 Å². The lowest BCUT2D eigenvalue weighted by molar-refractivity contribution is -0.143. The Morgan fingerprint density at radius 3 is 2.41 bits per heavy atom. The fourth-order valence-corrected chi connectivity index (χ4v) is 1.83. The van der Waals surface area contributed by atoms with E-state index in [0.717, 1.165) is 11.5 Å². The van der Waals surface area contributed by atoms with E-state index in [1.165, 1.54) is 14.0 Å². The Balaban J connectivity index is 3.01. The van der Waals surface area contributed by atoms with Gasteiger partial charge < -0.3 is 8.98 Å². The van der Waals surface area contributed by atoms with Crippen LogP contribution in [0.2, 0.25) is 0 Å². The molecule has 0 fully saturated rings. The van der Waals surface area contributed by atoms with E-state index in [9.17, 15) is 18.0 Å². The molecule has 2 heterocycles. The molecule has 0 aliphatic carbocycles. The van der Waals surface area contributed by atoms with Crippen LogP contribution in [0.1, 0.15) is 17.1 Å². The van der Waals surface area contributed by atoms with Crippen LogP contribution in [0.3, 0.4) is 0 Å². The minimum atomic E-state index is -4.60. The second-order valence-corrected chi connectivity index (χ2v) is 3.75. The lowest BCUT2D eigenvalue weighted by Crippen LogP contribution is -2.23. The summed E-state index contributed by atoms with van der Waals surface area (Å²) < 4.78 is 44.2. The van der Waals surface area contributed by atoms with Gasteiger partial charge in [0.15, 0.2) is 11.4 Å². The second-order valence-electron chi connectivity index (χ2n) is 3.75. The Bertz CT molecular complexity index is 652. The van der Waals surface area contributed by atoms with E-state index in [1.54, 1.807) is 0 Å². The Labute approximate surface area is 93.7 Å². The number of alkyl halides is 3. The number of pyridine rings is 1. The molecule has 0 aliphatic heterocycles. The van der Waals surface area contributed by atoms with Crippen LogP contribution in [0.4, 0.5) is 13.2 Å². The molecule has 2 aromatic heterocycles. The molecule has 0 radical (unpaired) electrons. The lowest BCUT2D eigenvalue weighted by Gasteiger charge is -2.14. The van der Waals surface area contributed by atoms with Crippen molar-refractivity contribution in [3.63, 3.8) is 0 Å². The van der Waals surface area contributed by atoms with Gasteiger partial charge in [0.25, 0.3) is 0 Å². The van der Waals surface area contributed by atoms with Gasteiger partial charge in [-0.15, -0.1) is 0 Å². The van der Waals surface area contributed by atoms with E-state index >= 15 is 0 Å². The highest BCUT2D eigenvalue weighted by Crippen LogP contribution is 2.32. The maximum Gasteiger partial charge on any atom is 0.431 e. The van der Waals surface area contributed by atoms with Crippen molar-refractivity contribution in [3.05, 3.63) is 27.4 Å². The smallest absolute Gasteiger partial charge is 0.424 e. The molecule has 0 unspecified atom stereocenters. The average molecular weight is 246 g/mol. The van der Waals surface area contributed by atoms with Crippen molar-refractivity contribution >= 4 is 11.2 Å². The minimum absolute atomic E-state index is 0.0736. The largest absolute Gasteiger partial charge is 0.431 e. The van der Waals surface area contributed by atoms with Gasteiger partial charge in [-0.05, 0) is 6.92 Å². The molecule has 4 nitrogen and oxygen atoms in total. The lowest BCUT2D eigenvalue weighted by atomic mass is 10.2. The van der Waals surface area contributed by atoms with Gasteiger partial charge in [-0.1, -0.05) is 0 Å². The highest BCUT2D eigenvalue weighted by atomic mass is 19.4. The van der Waals surface area contributed by atoms with Crippen molar-refractivity contribution in [2.75, 3.05) is 0 Å². The number of fused-ring (bicyclic) bond motifs is 1. The highest BCUT2D eigenvalue weighted by molar-refractivity contribution is 5.70. The number of hydrogen-bond donors (Lipinski definition) is 0. The number of hydrogen-bond acceptors (Lipinski definition) is 3. The average Bonchev–Trinajstić information content (AvgIpc) is 2.55. The summed E-state index contributed by atoms with van der Waals surface area (Å²) in [4.78, 5) is 15.5. The van der Waals surface area contributed by atoms with E-state index < -0.39 is 17.3 Å². The number of halogens is 3. The summed E-state index contributed by atoms with van der Waals surface area (Å²) in [6.45, 7) is 2.61. The molecule has 0 spiro atoms. The third-order valence-corrected chi connectivity index (χ3v) is 2.54. The SMILES string of the molecule is Cc1nc2c(=O)c(C)c(C(F)(F)F)n(C)c2o1. The molecule has 0 amide bonds. The number of oxazole rings is 1. The molecule has 7 heteroatoms. The van der Waals surface area contributed by atoms with Gasteiger partial charge in [-0.3, -0.25) is 4.79 Å². The molecular weight excluding hydrogens is 237 g/mol. The molecule has 0 aliphatic rings. The fourth-order valence-electron chi connectivity index (χ4n) is 1.83. The van der Waals surface area contributed by atoms with E-state index in [2.05, 4.69) is 4.98 Å². The topological polar surface area (TPSA) is 48.0 Å². The van der Waals surface area contributed by atoms with Crippen molar-refractivity contribution in [1.82, 2.24) is 9.55 Å². The standard InChI is InChI=1S/C10H9F3N2O2/c1-4-7(16)6-9(17-5(2)14-6)15(3)8(4)10(11,12)13/h1-3H3. The summed E-state index contributed by atoms with van der Waals surface area (Å²) in [5, 5.41) is 0. The van der Waals surface area contributed by atoms with Crippen LogP contribution in [0, 0.1) is 13.8 Å². The molecule has 0 saturated carbocycles. The minimum Gasteiger partial charge on any atom is -0.424 e. The molecule has 0 saturated heterocycles. The summed E-state index contributed by atoms with van der Waals surface area (Å²) in [5.74, 6) is 0.159. The number of nitrogens with zero attached hydrogens (tertiary/aromatic N) is 2. The molecule has 2 aromatic rings. The second kappa shape index (κ2) is 3.35. The Hall–Kier alpha value is -1.79. The molecule has 0 bridgehead atoms. The molecule has 17 heavy (non-hydrogen) atoms. The molecule has 92 valence electrons. The van der Waals surface area contributed by atoms with Crippen LogP contribution in [-0.4, -0.2) is 9.55 Å². The Morgan fingerprint density at radius 2 is 1.88 bits per heavy atom. The third-order valence-electron chi connectivity index (χ3n) is 2.54. The molecule has 0 aromatic carbocycles. The van der Waals surface area contributed by atoms with Gasteiger partial charge in [0.05, 0.1) is 0 Å². The molecule has 0 N–H and O–H groups in total. The first kappa shape index (κ1) is 11.7. The Kier molecular flexibility index (Phi) is 2.30. The highest BCUT2D eigenvalue weighted by Gasteiger charge is 2.37. The zero-order chi connectivity index (χ0) is 13.0. The first-order chi connectivity index (χ1) is 7.73. The van der Waals surface area contributed by atoms with Crippen molar-refractivity contribution in [2.45, 2.75) is 20.0 Å². The van der Waals surface area contributed by atoms with Crippen molar-refractivity contribution in [3.8, 4) is 0 Å². The van der Waals surface area contributed by atoms with E-state index in [1.807, 2.05) is 0 Å². The maximum absolute atomic E-state index is 12.8. The van der Waals surface area contributed by atoms with Gasteiger partial charge >= 0.3 is 6.18 Å². The van der Waals surface area contributed by atoms with Crippen molar-refractivity contribution < 1.29 is 17.6 Å². The summed E-state index contributed by atoms with van der Waals surface area (Å²) in [6.07, 6.45) is -4.60. The first-order valence-electron chi connectivity index (χ1n) is 4.77. The first-order valence-corrected chi connectivity index (χ1v) is 4.77. The summed E-state index contributed by atoms with van der Waals surface area (Å²) >= 11 is 0. The van der Waals surface area contributed by atoms with E-state index in [0.29, 0.717) is 0 Å². The third kappa shape index (κ3) is 1.62. The van der Waals surface area contributed by atoms with Crippen LogP contribution in [0.15, 0.2) is 9.21 Å². The van der Waals surface area contributed by atoms with Gasteiger partial charge in [-0.25, -0.2) is 4.98 Å². The van der Waals surface area contributed by atoms with Gasteiger partial charge in [0.1, 0.15) is 5.69 Å². The monoisotopic (exact) mass is 246 g/mol. The van der Waals surface area contributed by atoms with Gasteiger partial charge in [0.2, 0.25) is 11.1 Å². The summed E-state index contributed by atoms with van der Waals surface area (Å²) in [6, 6.07) is 0. The number of rotatable bonds is 0. The zero-order valence-electron chi connectivity index (χ0n) is 9.34. The Morgan fingerprint density at radius 1 is 1.29 bits per heavy atom. The van der Waals surface area contributed by atoms with Crippen molar-refractivity contribution in [2.24, 2.45) is 7.05 Å². The van der Waals surface area contributed by atoms with Crippen LogP contribution in [0.25, 0.3) is 11.2 Å². The van der Waals surface area contributed by atoms with Gasteiger partial charge in [0, 0.05) is 19.5 Å². The van der Waals surface area contributed by atoms with Crippen LogP contribution in [-0.2, 0) is 13.2 Å². The van der Waals surface area contributed by atoms with Gasteiger partial charge in [-0.2, -0.15) is 13.2 Å². The number of aryl methyl sites for hydroxylation is 2.